The van der Waals surface area contributed by atoms with E-state index in [2.05, 4.69) is 9.72 Å². The Bertz CT molecular complexity index is 1340. The average molecular weight is 573 g/mol. The predicted octanol–water partition coefficient (Wildman–Crippen LogP) is 6.13. The minimum Gasteiger partial charge on any atom is -0.478 e. The number of piperidine rings is 1. The number of likely N-dealkylation sites (tertiary alicyclic amines) is 1. The van der Waals surface area contributed by atoms with Gasteiger partial charge in [0.2, 0.25) is 17.7 Å². The number of hydrogen-bond donors (Lipinski definition) is 2. The van der Waals surface area contributed by atoms with Gasteiger partial charge in [-0.1, -0.05) is 6.07 Å². The molecule has 1 amide bonds. The lowest BCUT2D eigenvalue weighted by atomic mass is 9.93. The number of nitrogens with two attached hydrogens (primary N) is 1. The fourth-order valence-electron chi connectivity index (χ4n) is 4.42. The first kappa shape index (κ1) is 29.7. The number of benzene rings is 2. The molecule has 1 aliphatic rings. The lowest BCUT2D eigenvalue weighted by Crippen LogP contribution is -2.39. The van der Waals surface area contributed by atoms with Crippen LogP contribution in [-0.4, -0.2) is 54.3 Å². The lowest BCUT2D eigenvalue weighted by molar-refractivity contribution is -0.274. The van der Waals surface area contributed by atoms with Crippen molar-refractivity contribution < 1.29 is 36.9 Å². The van der Waals surface area contributed by atoms with Crippen molar-refractivity contribution in [3.8, 4) is 29.0 Å². The fraction of sp³-hybridized carbons (Fsp3) is 0.345. The van der Waals surface area contributed by atoms with Crippen LogP contribution in [0.15, 0.2) is 60.7 Å². The molecule has 1 aliphatic heterocycles. The molecule has 1 fully saturated rings. The van der Waals surface area contributed by atoms with Crippen molar-refractivity contribution in [1.29, 1.82) is 5.41 Å². The number of nitrogens with one attached hydrogen (secondary N) is 1. The molecule has 0 unspecified atom stereocenters. The van der Waals surface area contributed by atoms with Crippen LogP contribution in [0.1, 0.15) is 42.1 Å². The molecule has 3 N–H and O–H groups in total. The molecule has 41 heavy (non-hydrogen) atoms. The molecule has 4 rings (SSSR count). The van der Waals surface area contributed by atoms with Gasteiger partial charge in [0.25, 0.3) is 5.91 Å². The van der Waals surface area contributed by atoms with Gasteiger partial charge in [-0.05, 0) is 81.1 Å². The van der Waals surface area contributed by atoms with Crippen molar-refractivity contribution >= 4 is 11.8 Å². The minimum absolute atomic E-state index is 0.00268. The molecular formula is C29H31F3N4O5. The Morgan fingerprint density at radius 1 is 1.02 bits per heavy atom. The Morgan fingerprint density at radius 2 is 1.73 bits per heavy atom. The van der Waals surface area contributed by atoms with Crippen molar-refractivity contribution in [3.05, 3.63) is 71.8 Å². The Hall–Kier alpha value is -4.32. The van der Waals surface area contributed by atoms with E-state index in [1.165, 1.54) is 24.3 Å². The molecule has 9 nitrogen and oxygen atoms in total. The van der Waals surface area contributed by atoms with E-state index in [0.29, 0.717) is 43.5 Å². The average Bonchev–Trinajstić information content (AvgIpc) is 2.93. The van der Waals surface area contributed by atoms with Crippen LogP contribution in [0.2, 0.25) is 0 Å². The first-order valence-electron chi connectivity index (χ1n) is 13.2. The van der Waals surface area contributed by atoms with Crippen molar-refractivity contribution in [2.75, 3.05) is 26.2 Å². The van der Waals surface area contributed by atoms with Crippen LogP contribution in [0, 0.1) is 11.3 Å². The van der Waals surface area contributed by atoms with Crippen LogP contribution in [-0.2, 0) is 4.74 Å². The van der Waals surface area contributed by atoms with E-state index < -0.39 is 12.1 Å². The molecule has 0 bridgehead atoms. The van der Waals surface area contributed by atoms with E-state index in [4.69, 9.17) is 25.4 Å². The van der Waals surface area contributed by atoms with Crippen LogP contribution < -0.4 is 19.9 Å². The summed E-state index contributed by atoms with van der Waals surface area (Å²) in [5.74, 6) is 0.125. The maximum absolute atomic E-state index is 13.5. The first-order valence-corrected chi connectivity index (χ1v) is 13.2. The zero-order chi connectivity index (χ0) is 29.4. The summed E-state index contributed by atoms with van der Waals surface area (Å²) < 4.78 is 58.8. The van der Waals surface area contributed by atoms with E-state index in [1.807, 2.05) is 0 Å². The van der Waals surface area contributed by atoms with Gasteiger partial charge in [-0.15, -0.1) is 13.2 Å². The molecule has 1 aromatic heterocycles. The third-order valence-corrected chi connectivity index (χ3v) is 6.42. The summed E-state index contributed by atoms with van der Waals surface area (Å²) in [4.78, 5) is 19.6. The number of halogens is 3. The molecule has 218 valence electrons. The fourth-order valence-corrected chi connectivity index (χ4v) is 4.42. The largest absolute Gasteiger partial charge is 0.573 e. The normalized spacial score (nSPS) is 13.9. The number of alkyl halides is 3. The van der Waals surface area contributed by atoms with Gasteiger partial charge in [0.15, 0.2) is 0 Å². The van der Waals surface area contributed by atoms with Crippen LogP contribution in [0.4, 0.5) is 13.2 Å². The van der Waals surface area contributed by atoms with Gasteiger partial charge >= 0.3 is 6.36 Å². The summed E-state index contributed by atoms with van der Waals surface area (Å²) in [5, 5.41) is 7.94. The summed E-state index contributed by atoms with van der Waals surface area (Å²) in [5.41, 5.74) is 6.44. The van der Waals surface area contributed by atoms with Gasteiger partial charge in [-0.3, -0.25) is 10.2 Å². The summed E-state index contributed by atoms with van der Waals surface area (Å²) in [7, 11) is 0. The topological polar surface area (TPSA) is 120 Å². The molecule has 0 saturated carbocycles. The first-order chi connectivity index (χ1) is 19.6. The van der Waals surface area contributed by atoms with E-state index in [9.17, 15) is 18.0 Å². The van der Waals surface area contributed by atoms with Gasteiger partial charge in [0.05, 0.1) is 6.61 Å². The standard InChI is InChI=1S/C29H31F3N4O5/c1-2-38-26(34)20-6-8-21(9-7-20)40-27-24(28(37)36-16-13-19(12-15-33)14-17-36)10-11-25(35-27)39-22-4-3-5-23(18-22)41-29(30,31)32/h3-11,18-19,34H,2,12-17,33H2,1H3. The Morgan fingerprint density at radius 3 is 2.39 bits per heavy atom. The molecule has 3 aromatic rings. The molecule has 12 heteroatoms. The number of amides is 1. The highest BCUT2D eigenvalue weighted by Crippen LogP contribution is 2.32. The highest BCUT2D eigenvalue weighted by molar-refractivity contribution is 5.96. The van der Waals surface area contributed by atoms with Crippen LogP contribution >= 0.6 is 0 Å². The zero-order valence-corrected chi connectivity index (χ0v) is 22.4. The second-order valence-electron chi connectivity index (χ2n) is 9.33. The van der Waals surface area contributed by atoms with E-state index in [-0.39, 0.29) is 34.9 Å². The minimum atomic E-state index is -4.85. The van der Waals surface area contributed by atoms with E-state index >= 15 is 0 Å². The van der Waals surface area contributed by atoms with Gasteiger partial charge < -0.3 is 29.6 Å². The SMILES string of the molecule is CCOC(=N)c1ccc(Oc2nc(Oc3cccc(OC(F)(F)F)c3)ccc2C(=O)N2CCC(CCN)CC2)cc1. The van der Waals surface area contributed by atoms with Crippen molar-refractivity contribution in [3.63, 3.8) is 0 Å². The number of aromatic nitrogens is 1. The summed E-state index contributed by atoms with van der Waals surface area (Å²) >= 11 is 0. The van der Waals surface area contributed by atoms with E-state index in [1.54, 1.807) is 36.1 Å². The summed E-state index contributed by atoms with van der Waals surface area (Å²) in [6.45, 7) is 3.89. The Kier molecular flexibility index (Phi) is 9.66. The van der Waals surface area contributed by atoms with Gasteiger partial charge in [0.1, 0.15) is 22.8 Å². The van der Waals surface area contributed by atoms with Crippen LogP contribution in [0.3, 0.4) is 0 Å². The van der Waals surface area contributed by atoms with Crippen molar-refractivity contribution in [2.24, 2.45) is 11.7 Å². The third kappa shape index (κ3) is 8.34. The molecule has 2 aromatic carbocycles. The second-order valence-corrected chi connectivity index (χ2v) is 9.33. The molecule has 1 saturated heterocycles. The zero-order valence-electron chi connectivity index (χ0n) is 22.4. The number of ether oxygens (including phenoxy) is 4. The maximum atomic E-state index is 13.5. The van der Waals surface area contributed by atoms with Gasteiger partial charge in [-0.25, -0.2) is 0 Å². The quantitative estimate of drug-likeness (QED) is 0.222. The number of pyridine rings is 1. The highest BCUT2D eigenvalue weighted by Gasteiger charge is 2.31. The Balaban J connectivity index is 1.59. The summed E-state index contributed by atoms with van der Waals surface area (Å²) in [6, 6.07) is 14.5. The predicted molar refractivity (Wildman–Crippen MR) is 145 cm³/mol. The number of hydrogen-bond acceptors (Lipinski definition) is 8. The van der Waals surface area contributed by atoms with Crippen molar-refractivity contribution in [1.82, 2.24) is 9.88 Å². The maximum Gasteiger partial charge on any atom is 0.573 e. The van der Waals surface area contributed by atoms with Crippen LogP contribution in [0.25, 0.3) is 0 Å². The highest BCUT2D eigenvalue weighted by atomic mass is 19.4. The third-order valence-electron chi connectivity index (χ3n) is 6.42. The molecule has 0 radical (unpaired) electrons. The molecule has 0 atom stereocenters. The number of nitrogens with zero attached hydrogens (tertiary/aromatic N) is 2. The van der Waals surface area contributed by atoms with E-state index in [0.717, 1.165) is 31.4 Å². The molecule has 0 aliphatic carbocycles. The number of rotatable bonds is 10. The van der Waals surface area contributed by atoms with Gasteiger partial charge in [-0.2, -0.15) is 4.98 Å². The molecule has 2 heterocycles. The number of carbonyl (C=O) groups is 1. The Labute approximate surface area is 235 Å². The lowest BCUT2D eigenvalue weighted by Gasteiger charge is -2.32. The second kappa shape index (κ2) is 13.4. The van der Waals surface area contributed by atoms with Crippen LogP contribution in [0.5, 0.6) is 29.0 Å². The van der Waals surface area contributed by atoms with Gasteiger partial charge in [0, 0.05) is 30.8 Å². The smallest absolute Gasteiger partial charge is 0.478 e. The molecular weight excluding hydrogens is 541 g/mol. The monoisotopic (exact) mass is 572 g/mol. The molecule has 0 spiro atoms. The number of carbonyl (C=O) groups excluding carboxylic acids is 1. The summed E-state index contributed by atoms with van der Waals surface area (Å²) in [6.07, 6.45) is -2.25. The van der Waals surface area contributed by atoms with Crippen molar-refractivity contribution in [2.45, 2.75) is 32.5 Å².